The predicted octanol–water partition coefficient (Wildman–Crippen LogP) is 2.87. The molecule has 0 aliphatic carbocycles. The average molecular weight is 267 g/mol. The molecule has 0 radical (unpaired) electrons. The molecule has 2 heterocycles. The smallest absolute Gasteiger partial charge is 0.184 e. The summed E-state index contributed by atoms with van der Waals surface area (Å²) in [4.78, 5) is 16.8. The lowest BCUT2D eigenvalue weighted by atomic mass is 10.1. The summed E-state index contributed by atoms with van der Waals surface area (Å²) in [6, 6.07) is 9.80. The fraction of sp³-hybridized carbons (Fsp3) is 0.250. The van der Waals surface area contributed by atoms with E-state index in [-0.39, 0.29) is 5.78 Å². The number of hydrogen-bond acceptors (Lipinski definition) is 2. The van der Waals surface area contributed by atoms with Gasteiger partial charge < -0.3 is 9.13 Å². The zero-order valence-corrected chi connectivity index (χ0v) is 11.9. The van der Waals surface area contributed by atoms with Crippen LogP contribution in [0.5, 0.6) is 0 Å². The van der Waals surface area contributed by atoms with Gasteiger partial charge in [-0.3, -0.25) is 4.79 Å². The van der Waals surface area contributed by atoms with Crippen LogP contribution in [0.4, 0.5) is 0 Å². The molecule has 4 nitrogen and oxygen atoms in total. The van der Waals surface area contributed by atoms with Crippen LogP contribution in [0.1, 0.15) is 21.7 Å². The van der Waals surface area contributed by atoms with Gasteiger partial charge in [0.25, 0.3) is 0 Å². The Morgan fingerprint density at radius 1 is 1.25 bits per heavy atom. The molecular weight excluding hydrogens is 250 g/mol. The number of benzene rings is 1. The highest BCUT2D eigenvalue weighted by molar-refractivity contribution is 5.98. The highest BCUT2D eigenvalue weighted by Crippen LogP contribution is 2.17. The second-order valence-electron chi connectivity index (χ2n) is 5.13. The summed E-state index contributed by atoms with van der Waals surface area (Å²) >= 11 is 0. The number of para-hydroxylation sites is 2. The third-order valence-corrected chi connectivity index (χ3v) is 3.92. The first-order valence-electron chi connectivity index (χ1n) is 6.64. The van der Waals surface area contributed by atoms with E-state index < -0.39 is 0 Å². The monoisotopic (exact) mass is 267 g/mol. The van der Waals surface area contributed by atoms with Crippen LogP contribution in [-0.2, 0) is 13.6 Å². The molecule has 0 unspecified atom stereocenters. The first kappa shape index (κ1) is 12.7. The Hall–Kier alpha value is -2.36. The number of fused-ring (bicyclic) bond motifs is 1. The van der Waals surface area contributed by atoms with Crippen LogP contribution in [-0.4, -0.2) is 19.9 Å². The van der Waals surface area contributed by atoms with Crippen molar-refractivity contribution in [2.24, 2.45) is 7.05 Å². The van der Waals surface area contributed by atoms with Crippen LogP contribution in [0.3, 0.4) is 0 Å². The van der Waals surface area contributed by atoms with Gasteiger partial charge in [0.1, 0.15) is 0 Å². The number of Topliss-reactive ketones (excluding diaryl/α,β-unsaturated/α-hetero) is 1. The maximum atomic E-state index is 12.5. The number of aromatic nitrogens is 3. The van der Waals surface area contributed by atoms with E-state index in [9.17, 15) is 4.79 Å². The Morgan fingerprint density at radius 2 is 2.00 bits per heavy atom. The van der Waals surface area contributed by atoms with Crippen molar-refractivity contribution in [3.63, 3.8) is 0 Å². The molecule has 0 N–H and O–H groups in total. The standard InChI is InChI=1S/C16H17N3O/c1-11-8-13(12(2)18(11)3)16(20)9-19-10-17-14-6-4-5-7-15(14)19/h4-8,10H,9H2,1-3H3. The minimum absolute atomic E-state index is 0.120. The van der Waals surface area contributed by atoms with Crippen molar-refractivity contribution in [1.82, 2.24) is 14.1 Å². The minimum Gasteiger partial charge on any atom is -0.351 e. The van der Waals surface area contributed by atoms with E-state index in [1.165, 1.54) is 0 Å². The number of aryl methyl sites for hydroxylation is 1. The highest BCUT2D eigenvalue weighted by Gasteiger charge is 2.15. The second-order valence-corrected chi connectivity index (χ2v) is 5.13. The van der Waals surface area contributed by atoms with E-state index >= 15 is 0 Å². The molecule has 3 rings (SSSR count). The van der Waals surface area contributed by atoms with E-state index in [4.69, 9.17) is 0 Å². The molecule has 0 spiro atoms. The van der Waals surface area contributed by atoms with Crippen molar-refractivity contribution >= 4 is 16.8 Å². The van der Waals surface area contributed by atoms with Gasteiger partial charge in [0.15, 0.2) is 5.78 Å². The maximum absolute atomic E-state index is 12.5. The molecule has 20 heavy (non-hydrogen) atoms. The Balaban J connectivity index is 1.94. The predicted molar refractivity (Wildman–Crippen MR) is 79.0 cm³/mol. The molecule has 0 aliphatic rings. The molecule has 0 saturated carbocycles. The number of rotatable bonds is 3. The van der Waals surface area contributed by atoms with Gasteiger partial charge in [0.05, 0.1) is 23.9 Å². The van der Waals surface area contributed by atoms with Crippen molar-refractivity contribution < 1.29 is 4.79 Å². The van der Waals surface area contributed by atoms with E-state index in [0.29, 0.717) is 6.54 Å². The lowest BCUT2D eigenvalue weighted by molar-refractivity contribution is 0.0972. The number of carbonyl (C=O) groups excluding carboxylic acids is 1. The van der Waals surface area contributed by atoms with Crippen LogP contribution in [0.15, 0.2) is 36.7 Å². The van der Waals surface area contributed by atoms with Crippen LogP contribution in [0.2, 0.25) is 0 Å². The van der Waals surface area contributed by atoms with E-state index in [1.807, 2.05) is 60.4 Å². The fourth-order valence-electron chi connectivity index (χ4n) is 2.51. The average Bonchev–Trinajstić information content (AvgIpc) is 2.96. The zero-order valence-electron chi connectivity index (χ0n) is 11.9. The topological polar surface area (TPSA) is 39.8 Å². The van der Waals surface area contributed by atoms with Crippen LogP contribution in [0.25, 0.3) is 11.0 Å². The quantitative estimate of drug-likeness (QED) is 0.685. The van der Waals surface area contributed by atoms with Gasteiger partial charge in [0.2, 0.25) is 0 Å². The van der Waals surface area contributed by atoms with Gasteiger partial charge in [-0.2, -0.15) is 0 Å². The summed E-state index contributed by atoms with van der Waals surface area (Å²) < 4.78 is 3.94. The third kappa shape index (κ3) is 1.93. The molecule has 102 valence electrons. The largest absolute Gasteiger partial charge is 0.351 e. The number of ketones is 1. The van der Waals surface area contributed by atoms with Crippen molar-refractivity contribution in [2.45, 2.75) is 20.4 Å². The number of imidazole rings is 1. The number of hydrogen-bond donors (Lipinski definition) is 0. The van der Waals surface area contributed by atoms with E-state index in [1.54, 1.807) is 6.33 Å². The lowest BCUT2D eigenvalue weighted by Crippen LogP contribution is -2.10. The fourth-order valence-corrected chi connectivity index (χ4v) is 2.51. The zero-order chi connectivity index (χ0) is 14.3. The van der Waals surface area contributed by atoms with Gasteiger partial charge >= 0.3 is 0 Å². The van der Waals surface area contributed by atoms with Crippen molar-refractivity contribution in [3.05, 3.63) is 53.6 Å². The van der Waals surface area contributed by atoms with E-state index in [0.717, 1.165) is 28.0 Å². The van der Waals surface area contributed by atoms with Crippen LogP contribution >= 0.6 is 0 Å². The van der Waals surface area contributed by atoms with Crippen LogP contribution in [0, 0.1) is 13.8 Å². The van der Waals surface area contributed by atoms with Crippen molar-refractivity contribution in [3.8, 4) is 0 Å². The van der Waals surface area contributed by atoms with Crippen LogP contribution < -0.4 is 0 Å². The summed E-state index contributed by atoms with van der Waals surface area (Å²) in [6.07, 6.45) is 1.73. The molecule has 2 aromatic heterocycles. The Labute approximate surface area is 117 Å². The van der Waals surface area contributed by atoms with Gasteiger partial charge in [-0.25, -0.2) is 4.98 Å². The molecule has 0 fully saturated rings. The van der Waals surface area contributed by atoms with E-state index in [2.05, 4.69) is 4.98 Å². The third-order valence-electron chi connectivity index (χ3n) is 3.92. The molecular formula is C16H17N3O. The van der Waals surface area contributed by atoms with Gasteiger partial charge in [-0.1, -0.05) is 12.1 Å². The first-order valence-corrected chi connectivity index (χ1v) is 6.64. The SMILES string of the molecule is Cc1cc(C(=O)Cn2cnc3ccccc32)c(C)n1C. The van der Waals surface area contributed by atoms with Gasteiger partial charge in [-0.15, -0.1) is 0 Å². The normalized spacial score (nSPS) is 11.2. The highest BCUT2D eigenvalue weighted by atomic mass is 16.1. The Bertz CT molecular complexity index is 795. The van der Waals surface area contributed by atoms with Gasteiger partial charge in [-0.05, 0) is 32.0 Å². The minimum atomic E-state index is 0.120. The number of nitrogens with zero attached hydrogens (tertiary/aromatic N) is 3. The maximum Gasteiger partial charge on any atom is 0.184 e. The summed E-state index contributed by atoms with van der Waals surface area (Å²) in [5, 5.41) is 0. The second kappa shape index (κ2) is 4.63. The summed E-state index contributed by atoms with van der Waals surface area (Å²) in [5.74, 6) is 0.120. The molecule has 0 aliphatic heterocycles. The lowest BCUT2D eigenvalue weighted by Gasteiger charge is -2.04. The molecule has 0 bridgehead atoms. The number of carbonyl (C=O) groups is 1. The molecule has 0 atom stereocenters. The van der Waals surface area contributed by atoms with Gasteiger partial charge in [0, 0.05) is 24.0 Å². The molecule has 0 amide bonds. The summed E-state index contributed by atoms with van der Waals surface area (Å²) in [5.41, 5.74) is 4.81. The Kier molecular flexibility index (Phi) is 2.93. The van der Waals surface area contributed by atoms with Crippen molar-refractivity contribution in [1.29, 1.82) is 0 Å². The molecule has 4 heteroatoms. The molecule has 0 saturated heterocycles. The van der Waals surface area contributed by atoms with Crippen molar-refractivity contribution in [2.75, 3.05) is 0 Å². The first-order chi connectivity index (χ1) is 9.58. The molecule has 3 aromatic rings. The summed E-state index contributed by atoms with van der Waals surface area (Å²) in [6.45, 7) is 4.31. The summed E-state index contributed by atoms with van der Waals surface area (Å²) in [7, 11) is 1.98. The Morgan fingerprint density at radius 3 is 2.70 bits per heavy atom. The molecule has 1 aromatic carbocycles.